The molecule has 0 aliphatic rings. The quantitative estimate of drug-likeness (QED) is 0.554. The van der Waals surface area contributed by atoms with Crippen LogP contribution in [0.5, 0.6) is 11.5 Å². The largest absolute Gasteiger partial charge is 0.493 e. The third kappa shape index (κ3) is 4.15. The molecule has 1 atom stereocenters. The third-order valence-corrected chi connectivity index (χ3v) is 5.23. The van der Waals surface area contributed by atoms with Gasteiger partial charge in [0.25, 0.3) is 0 Å². The molecule has 0 fully saturated rings. The summed E-state index contributed by atoms with van der Waals surface area (Å²) in [7, 11) is 3.28. The number of methoxy groups -OCH3 is 2. The fourth-order valence-corrected chi connectivity index (χ4v) is 3.21. The molecule has 21 heavy (non-hydrogen) atoms. The molecule has 0 saturated carbocycles. The van der Waals surface area contributed by atoms with E-state index in [9.17, 15) is 0 Å². The minimum atomic E-state index is 0.198. The molecule has 112 valence electrons. The van der Waals surface area contributed by atoms with Gasteiger partial charge in [-0.3, -0.25) is 0 Å². The van der Waals surface area contributed by atoms with Gasteiger partial charge in [-0.15, -0.1) is 0 Å². The lowest BCUT2D eigenvalue weighted by molar-refractivity contribution is 0.354. The van der Waals surface area contributed by atoms with Gasteiger partial charge >= 0.3 is 0 Å². The lowest BCUT2D eigenvalue weighted by Gasteiger charge is -2.13. The van der Waals surface area contributed by atoms with Gasteiger partial charge in [-0.1, -0.05) is 39.7 Å². The van der Waals surface area contributed by atoms with Crippen LogP contribution in [-0.4, -0.2) is 14.2 Å². The maximum Gasteiger partial charge on any atom is 0.160 e. The van der Waals surface area contributed by atoms with Crippen molar-refractivity contribution in [2.45, 2.75) is 11.2 Å². The lowest BCUT2D eigenvalue weighted by atomic mass is 10.0. The van der Waals surface area contributed by atoms with Crippen LogP contribution >= 0.6 is 43.5 Å². The van der Waals surface area contributed by atoms with Crippen molar-refractivity contribution in [3.05, 3.63) is 57.0 Å². The molecular weight excluding hydrogens is 419 g/mol. The summed E-state index contributed by atoms with van der Waals surface area (Å²) in [6.07, 6.45) is 0.842. The second kappa shape index (κ2) is 7.52. The van der Waals surface area contributed by atoms with E-state index in [0.29, 0.717) is 5.02 Å². The Bertz CT molecular complexity index is 632. The molecule has 0 N–H and O–H groups in total. The second-order valence-corrected chi connectivity index (χ2v) is 6.90. The Morgan fingerprint density at radius 3 is 2.38 bits per heavy atom. The minimum Gasteiger partial charge on any atom is -0.493 e. The van der Waals surface area contributed by atoms with Crippen LogP contribution in [0, 0.1) is 0 Å². The predicted octanol–water partition coefficient (Wildman–Crippen LogP) is 5.80. The number of alkyl halides is 1. The second-order valence-electron chi connectivity index (χ2n) is 4.53. The molecule has 0 aliphatic carbocycles. The van der Waals surface area contributed by atoms with Gasteiger partial charge in [0.15, 0.2) is 11.5 Å². The minimum absolute atomic E-state index is 0.198. The molecule has 0 heterocycles. The molecule has 0 saturated heterocycles. The van der Waals surface area contributed by atoms with Crippen LogP contribution in [0.15, 0.2) is 40.9 Å². The SMILES string of the molecule is COc1ccc(CC(Br)c2ccc(Cl)c(Br)c2)cc1OC. The van der Waals surface area contributed by atoms with E-state index in [2.05, 4.69) is 31.9 Å². The van der Waals surface area contributed by atoms with Gasteiger partial charge in [-0.25, -0.2) is 0 Å². The zero-order valence-electron chi connectivity index (χ0n) is 11.7. The van der Waals surface area contributed by atoms with E-state index < -0.39 is 0 Å². The first kappa shape index (κ1) is 16.7. The molecule has 0 spiro atoms. The van der Waals surface area contributed by atoms with Gasteiger partial charge in [0.1, 0.15) is 0 Å². The molecule has 0 amide bonds. The fourth-order valence-electron chi connectivity index (χ4n) is 2.04. The summed E-state index contributed by atoms with van der Waals surface area (Å²) in [5.74, 6) is 1.48. The fraction of sp³-hybridized carbons (Fsp3) is 0.250. The lowest BCUT2D eigenvalue weighted by Crippen LogP contribution is -1.97. The topological polar surface area (TPSA) is 18.5 Å². The first-order valence-corrected chi connectivity index (χ1v) is 8.43. The molecule has 0 radical (unpaired) electrons. The van der Waals surface area contributed by atoms with Gasteiger partial charge in [0.05, 0.1) is 19.2 Å². The van der Waals surface area contributed by atoms with Crippen molar-refractivity contribution in [3.8, 4) is 11.5 Å². The van der Waals surface area contributed by atoms with E-state index in [-0.39, 0.29) is 4.83 Å². The van der Waals surface area contributed by atoms with E-state index >= 15 is 0 Å². The van der Waals surface area contributed by atoms with Crippen LogP contribution in [-0.2, 0) is 6.42 Å². The van der Waals surface area contributed by atoms with Crippen LogP contribution in [0.2, 0.25) is 5.02 Å². The summed E-state index contributed by atoms with van der Waals surface area (Å²) in [6, 6.07) is 11.9. The summed E-state index contributed by atoms with van der Waals surface area (Å²) in [6.45, 7) is 0. The molecule has 5 heteroatoms. The Kier molecular flexibility index (Phi) is 5.97. The van der Waals surface area contributed by atoms with Crippen LogP contribution < -0.4 is 9.47 Å². The number of benzene rings is 2. The van der Waals surface area contributed by atoms with Crippen LogP contribution in [0.3, 0.4) is 0 Å². The molecule has 1 unspecified atom stereocenters. The normalized spacial score (nSPS) is 12.0. The maximum atomic E-state index is 6.03. The van der Waals surface area contributed by atoms with Crippen molar-refractivity contribution in [1.29, 1.82) is 0 Å². The van der Waals surface area contributed by atoms with Crippen molar-refractivity contribution < 1.29 is 9.47 Å². The highest BCUT2D eigenvalue weighted by Gasteiger charge is 2.12. The van der Waals surface area contributed by atoms with Gasteiger partial charge in [-0.2, -0.15) is 0 Å². The summed E-state index contributed by atoms with van der Waals surface area (Å²) < 4.78 is 11.5. The zero-order chi connectivity index (χ0) is 15.4. The molecule has 2 rings (SSSR count). The maximum absolute atomic E-state index is 6.03. The molecule has 2 nitrogen and oxygen atoms in total. The Hall–Kier alpha value is -0.710. The summed E-state index contributed by atoms with van der Waals surface area (Å²) in [4.78, 5) is 0.198. The number of hydrogen-bond donors (Lipinski definition) is 0. The predicted molar refractivity (Wildman–Crippen MR) is 94.1 cm³/mol. The van der Waals surface area contributed by atoms with Crippen molar-refractivity contribution >= 4 is 43.5 Å². The van der Waals surface area contributed by atoms with E-state index in [0.717, 1.165) is 22.4 Å². The van der Waals surface area contributed by atoms with E-state index in [1.807, 2.05) is 36.4 Å². The molecular formula is C16H15Br2ClO2. The van der Waals surface area contributed by atoms with Crippen molar-refractivity contribution in [1.82, 2.24) is 0 Å². The molecule has 2 aromatic carbocycles. The van der Waals surface area contributed by atoms with E-state index in [1.54, 1.807) is 14.2 Å². The summed E-state index contributed by atoms with van der Waals surface area (Å²) >= 11 is 13.2. The van der Waals surface area contributed by atoms with Crippen LogP contribution in [0.4, 0.5) is 0 Å². The zero-order valence-corrected chi connectivity index (χ0v) is 15.6. The third-order valence-electron chi connectivity index (χ3n) is 3.17. The van der Waals surface area contributed by atoms with Crippen LogP contribution in [0.1, 0.15) is 16.0 Å². The summed E-state index contributed by atoms with van der Waals surface area (Å²) in [5.41, 5.74) is 2.33. The van der Waals surface area contributed by atoms with Gasteiger partial charge < -0.3 is 9.47 Å². The standard InChI is InChI=1S/C16H15Br2ClO2/c1-20-15-6-3-10(8-16(15)21-2)7-12(17)11-4-5-14(19)13(18)9-11/h3-6,8-9,12H,7H2,1-2H3. The average molecular weight is 435 g/mol. The number of halogens is 3. The molecule has 0 aliphatic heterocycles. The first-order valence-electron chi connectivity index (χ1n) is 6.35. The Balaban J connectivity index is 2.18. The Morgan fingerprint density at radius 1 is 1.05 bits per heavy atom. The first-order chi connectivity index (χ1) is 10.0. The highest BCUT2D eigenvalue weighted by Crippen LogP contribution is 2.34. The molecule has 0 bridgehead atoms. The highest BCUT2D eigenvalue weighted by molar-refractivity contribution is 9.10. The highest BCUT2D eigenvalue weighted by atomic mass is 79.9. The van der Waals surface area contributed by atoms with Crippen LogP contribution in [0.25, 0.3) is 0 Å². The average Bonchev–Trinajstić information content (AvgIpc) is 2.49. The molecule has 2 aromatic rings. The van der Waals surface area contributed by atoms with Gasteiger partial charge in [0.2, 0.25) is 0 Å². The monoisotopic (exact) mass is 432 g/mol. The van der Waals surface area contributed by atoms with E-state index in [1.165, 1.54) is 11.1 Å². The van der Waals surface area contributed by atoms with E-state index in [4.69, 9.17) is 21.1 Å². The Labute approximate surface area is 146 Å². The van der Waals surface area contributed by atoms with Crippen molar-refractivity contribution in [2.24, 2.45) is 0 Å². The smallest absolute Gasteiger partial charge is 0.160 e. The van der Waals surface area contributed by atoms with Crippen molar-refractivity contribution in [2.75, 3.05) is 14.2 Å². The molecule has 0 aromatic heterocycles. The number of hydrogen-bond acceptors (Lipinski definition) is 2. The number of ether oxygens (including phenoxy) is 2. The Morgan fingerprint density at radius 2 is 1.76 bits per heavy atom. The van der Waals surface area contributed by atoms with Gasteiger partial charge in [-0.05, 0) is 57.7 Å². The number of rotatable bonds is 5. The summed E-state index contributed by atoms with van der Waals surface area (Å²) in [5, 5.41) is 0.713. The van der Waals surface area contributed by atoms with Crippen molar-refractivity contribution in [3.63, 3.8) is 0 Å². The van der Waals surface area contributed by atoms with Gasteiger partial charge in [0, 0.05) is 9.30 Å².